The van der Waals surface area contributed by atoms with Gasteiger partial charge in [0.05, 0.1) is 0 Å². The minimum Gasteiger partial charge on any atom is -0.507 e. The van der Waals surface area contributed by atoms with E-state index in [4.69, 9.17) is 18.1 Å². The third kappa shape index (κ3) is 9.38. The minimum atomic E-state index is -2.18. The standard InChI is InChI=1S/C22H38NO7P2/c1-9-27-31(25)29-13-11-23(12-14-30-32(26)28-10-2)17-15-18(21(3,4)5)20(24)19(16-17)22(6,7)8/h15-16H,9-14H2,1-8H3/q+1/p+1. The number of aromatic hydroxyl groups is 1. The van der Waals surface area contributed by atoms with Gasteiger partial charge in [-0.05, 0) is 36.8 Å². The van der Waals surface area contributed by atoms with E-state index in [9.17, 15) is 14.2 Å². The molecule has 0 aliphatic rings. The molecule has 0 radical (unpaired) electrons. The molecule has 0 spiro atoms. The van der Waals surface area contributed by atoms with Gasteiger partial charge in [-0.3, -0.25) is 0 Å². The van der Waals surface area contributed by atoms with Crippen molar-refractivity contribution in [2.75, 3.05) is 44.4 Å². The maximum Gasteiger partial charge on any atom is 0.697 e. The second-order valence-electron chi connectivity index (χ2n) is 9.33. The molecule has 2 unspecified atom stereocenters. The SMILES string of the molecule is CCO[P+](=O)OCCN(CCO[P+](=O)OCC)c1cc(C(C)(C)C)c(O)c(C(C)(C)C)c1. The van der Waals surface area contributed by atoms with Gasteiger partial charge in [0, 0.05) is 39.0 Å². The first-order chi connectivity index (χ1) is 14.8. The number of phenols is 1. The normalized spacial score (nSPS) is 13.2. The number of rotatable bonds is 13. The van der Waals surface area contributed by atoms with Gasteiger partial charge in [0.1, 0.15) is 32.2 Å². The van der Waals surface area contributed by atoms with Gasteiger partial charge in [0.15, 0.2) is 0 Å². The first kappa shape index (κ1) is 28.9. The molecular formula is C22H39NO7P2+2. The van der Waals surface area contributed by atoms with Crippen molar-refractivity contribution in [1.29, 1.82) is 0 Å². The van der Waals surface area contributed by atoms with Crippen LogP contribution in [0.4, 0.5) is 5.69 Å². The Morgan fingerprint density at radius 2 is 1.16 bits per heavy atom. The van der Waals surface area contributed by atoms with Crippen LogP contribution in [0.3, 0.4) is 0 Å². The molecule has 10 heteroatoms. The third-order valence-electron chi connectivity index (χ3n) is 4.66. The van der Waals surface area contributed by atoms with Gasteiger partial charge >= 0.3 is 16.5 Å². The summed E-state index contributed by atoms with van der Waals surface area (Å²) >= 11 is 0. The third-order valence-corrected chi connectivity index (χ3v) is 6.39. The van der Waals surface area contributed by atoms with E-state index in [0.29, 0.717) is 32.1 Å². The quantitative estimate of drug-likeness (QED) is 0.325. The molecule has 0 aliphatic carbocycles. The molecule has 0 amide bonds. The van der Waals surface area contributed by atoms with Gasteiger partial charge in [-0.1, -0.05) is 41.5 Å². The van der Waals surface area contributed by atoms with Gasteiger partial charge in [-0.15, -0.1) is 18.1 Å². The molecule has 8 nitrogen and oxygen atoms in total. The molecule has 2 atom stereocenters. The Hall–Kier alpha value is -1.14. The Labute approximate surface area is 194 Å². The highest BCUT2D eigenvalue weighted by atomic mass is 31.1. The molecular weight excluding hydrogens is 452 g/mol. The number of phenolic OH excluding ortho intramolecular Hbond substituents is 1. The van der Waals surface area contributed by atoms with E-state index in [1.807, 2.05) is 58.6 Å². The largest absolute Gasteiger partial charge is 0.697 e. The average Bonchev–Trinajstić information content (AvgIpc) is 2.65. The van der Waals surface area contributed by atoms with Crippen molar-refractivity contribution < 1.29 is 32.3 Å². The lowest BCUT2D eigenvalue weighted by molar-refractivity contribution is 0.229. The van der Waals surface area contributed by atoms with Crippen LogP contribution in [0, 0.1) is 0 Å². The monoisotopic (exact) mass is 491 g/mol. The first-order valence-electron chi connectivity index (χ1n) is 10.9. The molecule has 0 bridgehead atoms. The van der Waals surface area contributed by atoms with E-state index in [1.165, 1.54) is 0 Å². The maximum atomic E-state index is 11.7. The summed E-state index contributed by atoms with van der Waals surface area (Å²) in [6.45, 7) is 17.6. The molecule has 0 aliphatic heterocycles. The molecule has 0 heterocycles. The van der Waals surface area contributed by atoms with E-state index >= 15 is 0 Å². The summed E-state index contributed by atoms with van der Waals surface area (Å²) in [4.78, 5) is 1.99. The van der Waals surface area contributed by atoms with E-state index in [1.54, 1.807) is 13.8 Å². The second-order valence-corrected chi connectivity index (χ2v) is 11.3. The number of hydrogen-bond donors (Lipinski definition) is 1. The van der Waals surface area contributed by atoms with Crippen LogP contribution in [-0.4, -0.2) is 44.6 Å². The number of hydrogen-bond acceptors (Lipinski definition) is 8. The molecule has 1 rings (SSSR count). The number of benzene rings is 1. The molecule has 1 aromatic carbocycles. The highest BCUT2D eigenvalue weighted by Crippen LogP contribution is 2.42. The highest BCUT2D eigenvalue weighted by molar-refractivity contribution is 7.33. The molecule has 0 saturated carbocycles. The predicted octanol–water partition coefficient (Wildman–Crippen LogP) is 6.21. The molecule has 1 aromatic rings. The Balaban J connectivity index is 3.24. The summed E-state index contributed by atoms with van der Waals surface area (Å²) in [5.74, 6) is 0.292. The van der Waals surface area contributed by atoms with Crippen LogP contribution in [0.2, 0.25) is 0 Å². The molecule has 32 heavy (non-hydrogen) atoms. The molecule has 1 N–H and O–H groups in total. The number of nitrogens with zero attached hydrogens (tertiary/aromatic N) is 1. The van der Waals surface area contributed by atoms with Gasteiger partial charge in [0.2, 0.25) is 0 Å². The summed E-state index contributed by atoms with van der Waals surface area (Å²) in [5.41, 5.74) is 1.95. The van der Waals surface area contributed by atoms with Crippen LogP contribution in [-0.2, 0) is 38.1 Å². The fourth-order valence-electron chi connectivity index (χ4n) is 3.05. The fourth-order valence-corrected chi connectivity index (χ4v) is 4.08. The van der Waals surface area contributed by atoms with E-state index in [-0.39, 0.29) is 24.0 Å². The van der Waals surface area contributed by atoms with Crippen molar-refractivity contribution in [3.8, 4) is 5.75 Å². The van der Waals surface area contributed by atoms with Gasteiger partial charge < -0.3 is 10.0 Å². The van der Waals surface area contributed by atoms with Crippen molar-refractivity contribution in [3.05, 3.63) is 23.3 Å². The first-order valence-corrected chi connectivity index (χ1v) is 13.1. The van der Waals surface area contributed by atoms with Crippen LogP contribution >= 0.6 is 16.5 Å². The lowest BCUT2D eigenvalue weighted by Gasteiger charge is -2.31. The van der Waals surface area contributed by atoms with Crippen molar-refractivity contribution in [2.24, 2.45) is 0 Å². The molecule has 0 fully saturated rings. The minimum absolute atomic E-state index is 0.170. The van der Waals surface area contributed by atoms with E-state index in [0.717, 1.165) is 16.8 Å². The van der Waals surface area contributed by atoms with E-state index < -0.39 is 16.5 Å². The second kappa shape index (κ2) is 12.9. The van der Waals surface area contributed by atoms with Crippen LogP contribution in [0.5, 0.6) is 5.75 Å². The molecule has 0 aromatic heterocycles. The van der Waals surface area contributed by atoms with Gasteiger partial charge in [-0.2, -0.15) is 0 Å². The average molecular weight is 492 g/mol. The zero-order chi connectivity index (χ0) is 24.5. The van der Waals surface area contributed by atoms with Crippen molar-refractivity contribution >= 4 is 22.2 Å². The van der Waals surface area contributed by atoms with Gasteiger partial charge in [0.25, 0.3) is 0 Å². The summed E-state index contributed by atoms with van der Waals surface area (Å²) in [5, 5.41) is 11.0. The van der Waals surface area contributed by atoms with E-state index in [2.05, 4.69) is 0 Å². The Kier molecular flexibility index (Phi) is 11.7. The van der Waals surface area contributed by atoms with Crippen LogP contribution < -0.4 is 4.90 Å². The number of anilines is 1. The Morgan fingerprint density at radius 1 is 0.781 bits per heavy atom. The summed E-state index contributed by atoms with van der Waals surface area (Å²) in [6, 6.07) is 3.91. The summed E-state index contributed by atoms with van der Waals surface area (Å²) in [6.07, 6.45) is 0. The van der Waals surface area contributed by atoms with Crippen molar-refractivity contribution in [3.63, 3.8) is 0 Å². The van der Waals surface area contributed by atoms with Crippen LogP contribution in [0.25, 0.3) is 0 Å². The maximum absolute atomic E-state index is 11.7. The zero-order valence-electron chi connectivity index (χ0n) is 20.6. The summed E-state index contributed by atoms with van der Waals surface area (Å²) < 4.78 is 44.0. The predicted molar refractivity (Wildman–Crippen MR) is 128 cm³/mol. The lowest BCUT2D eigenvalue weighted by Crippen LogP contribution is -2.31. The van der Waals surface area contributed by atoms with Crippen LogP contribution in [0.15, 0.2) is 12.1 Å². The smallest absolute Gasteiger partial charge is 0.507 e. The Bertz CT molecular complexity index is 714. The van der Waals surface area contributed by atoms with Crippen molar-refractivity contribution in [2.45, 2.75) is 66.2 Å². The van der Waals surface area contributed by atoms with Gasteiger partial charge in [-0.25, -0.2) is 0 Å². The topological polar surface area (TPSA) is 94.5 Å². The summed E-state index contributed by atoms with van der Waals surface area (Å²) in [7, 11) is -4.36. The lowest BCUT2D eigenvalue weighted by atomic mass is 9.79. The molecule has 0 saturated heterocycles. The van der Waals surface area contributed by atoms with Crippen molar-refractivity contribution in [1.82, 2.24) is 0 Å². The fraction of sp³-hybridized carbons (Fsp3) is 0.727. The van der Waals surface area contributed by atoms with Crippen LogP contribution in [0.1, 0.15) is 66.5 Å². The Morgan fingerprint density at radius 3 is 1.47 bits per heavy atom. The zero-order valence-corrected chi connectivity index (χ0v) is 22.4. The molecule has 182 valence electrons. The highest BCUT2D eigenvalue weighted by Gasteiger charge is 2.28.